The molecule has 0 saturated carbocycles. The third-order valence-corrected chi connectivity index (χ3v) is 2.16. The lowest BCUT2D eigenvalue weighted by atomic mass is 9.95. The van der Waals surface area contributed by atoms with Crippen molar-refractivity contribution in [1.82, 2.24) is 9.97 Å². The molecule has 0 radical (unpaired) electrons. The first-order valence-electron chi connectivity index (χ1n) is 4.16. The van der Waals surface area contributed by atoms with Crippen LogP contribution in [0.25, 0.3) is 0 Å². The molecule has 0 unspecified atom stereocenters. The Morgan fingerprint density at radius 3 is 3.00 bits per heavy atom. The lowest BCUT2D eigenvalue weighted by Gasteiger charge is -2.15. The number of anilines is 1. The van der Waals surface area contributed by atoms with Crippen LogP contribution in [0.1, 0.15) is 28.9 Å². The van der Waals surface area contributed by atoms with Crippen LogP contribution in [0.2, 0.25) is 0 Å². The minimum Gasteiger partial charge on any atom is -0.308 e. The summed E-state index contributed by atoms with van der Waals surface area (Å²) in [4.78, 5) is 19.4. The molecule has 0 saturated heterocycles. The average molecular weight is 178 g/mol. The standard InChI is InChI=1S/C8H10N4O/c9-12-8-7-5(10-4-11-8)2-1-3-6(7)13/h4H,1-3,9H2,(H,10,11,12). The Morgan fingerprint density at radius 1 is 1.38 bits per heavy atom. The Hall–Kier alpha value is -1.49. The quantitative estimate of drug-likeness (QED) is 0.477. The van der Waals surface area contributed by atoms with Gasteiger partial charge in [0.15, 0.2) is 11.6 Å². The van der Waals surface area contributed by atoms with Crippen LogP contribution in [0.3, 0.4) is 0 Å². The van der Waals surface area contributed by atoms with E-state index in [2.05, 4.69) is 15.4 Å². The molecular formula is C8H10N4O. The summed E-state index contributed by atoms with van der Waals surface area (Å²) < 4.78 is 0. The van der Waals surface area contributed by atoms with Gasteiger partial charge in [-0.25, -0.2) is 15.8 Å². The molecule has 1 aromatic heterocycles. The first-order chi connectivity index (χ1) is 6.33. The summed E-state index contributed by atoms with van der Waals surface area (Å²) in [6.45, 7) is 0. The van der Waals surface area contributed by atoms with E-state index in [9.17, 15) is 4.79 Å². The fourth-order valence-electron chi connectivity index (χ4n) is 1.56. The van der Waals surface area contributed by atoms with Gasteiger partial charge < -0.3 is 5.43 Å². The van der Waals surface area contributed by atoms with E-state index in [0.29, 0.717) is 17.8 Å². The summed E-state index contributed by atoms with van der Waals surface area (Å²) in [5.74, 6) is 5.76. The number of hydrogen-bond acceptors (Lipinski definition) is 5. The number of aromatic nitrogens is 2. The van der Waals surface area contributed by atoms with Crippen molar-refractivity contribution in [2.45, 2.75) is 19.3 Å². The molecule has 0 atom stereocenters. The number of nitrogens with one attached hydrogen (secondary N) is 1. The summed E-state index contributed by atoms with van der Waals surface area (Å²) in [5.41, 5.74) is 3.78. The Morgan fingerprint density at radius 2 is 2.23 bits per heavy atom. The summed E-state index contributed by atoms with van der Waals surface area (Å²) in [6, 6.07) is 0. The van der Waals surface area contributed by atoms with Crippen LogP contribution in [0.5, 0.6) is 0 Å². The fourth-order valence-corrected chi connectivity index (χ4v) is 1.56. The van der Waals surface area contributed by atoms with E-state index in [1.807, 2.05) is 0 Å². The van der Waals surface area contributed by atoms with Gasteiger partial charge in [0.2, 0.25) is 0 Å². The molecular weight excluding hydrogens is 168 g/mol. The first-order valence-corrected chi connectivity index (χ1v) is 4.16. The molecule has 1 aliphatic rings. The Balaban J connectivity index is 2.56. The molecule has 68 valence electrons. The molecule has 0 fully saturated rings. The second-order valence-corrected chi connectivity index (χ2v) is 2.97. The van der Waals surface area contributed by atoms with Gasteiger partial charge in [-0.2, -0.15) is 0 Å². The first kappa shape index (κ1) is 8.12. The van der Waals surface area contributed by atoms with E-state index in [0.717, 1.165) is 18.5 Å². The molecule has 2 rings (SSSR count). The van der Waals surface area contributed by atoms with E-state index >= 15 is 0 Å². The molecule has 1 aliphatic carbocycles. The molecule has 13 heavy (non-hydrogen) atoms. The van der Waals surface area contributed by atoms with Gasteiger partial charge >= 0.3 is 0 Å². The topological polar surface area (TPSA) is 80.9 Å². The van der Waals surface area contributed by atoms with Crippen LogP contribution in [-0.4, -0.2) is 15.8 Å². The van der Waals surface area contributed by atoms with E-state index in [1.54, 1.807) is 0 Å². The molecule has 0 spiro atoms. The Labute approximate surface area is 75.3 Å². The largest absolute Gasteiger partial charge is 0.308 e. The zero-order valence-corrected chi connectivity index (χ0v) is 7.08. The van der Waals surface area contributed by atoms with Gasteiger partial charge in [-0.15, -0.1) is 0 Å². The van der Waals surface area contributed by atoms with E-state index in [-0.39, 0.29) is 5.78 Å². The molecule has 1 aromatic rings. The summed E-state index contributed by atoms with van der Waals surface area (Å²) in [5, 5.41) is 0. The highest BCUT2D eigenvalue weighted by molar-refractivity contribution is 6.02. The zero-order valence-electron chi connectivity index (χ0n) is 7.08. The second-order valence-electron chi connectivity index (χ2n) is 2.97. The number of hydrazine groups is 1. The highest BCUT2D eigenvalue weighted by Gasteiger charge is 2.22. The third-order valence-electron chi connectivity index (χ3n) is 2.16. The highest BCUT2D eigenvalue weighted by Crippen LogP contribution is 2.23. The minimum atomic E-state index is 0.0785. The molecule has 3 N–H and O–H groups in total. The molecule has 0 aromatic carbocycles. The minimum absolute atomic E-state index is 0.0785. The van der Waals surface area contributed by atoms with Crippen molar-refractivity contribution >= 4 is 11.6 Å². The number of rotatable bonds is 1. The average Bonchev–Trinajstić information content (AvgIpc) is 2.17. The smallest absolute Gasteiger partial charge is 0.168 e. The van der Waals surface area contributed by atoms with E-state index in [4.69, 9.17) is 5.84 Å². The maximum Gasteiger partial charge on any atom is 0.168 e. The van der Waals surface area contributed by atoms with Crippen LogP contribution >= 0.6 is 0 Å². The Bertz CT molecular complexity index is 336. The molecule has 0 amide bonds. The number of carbonyl (C=O) groups is 1. The van der Waals surface area contributed by atoms with Gasteiger partial charge in [-0.3, -0.25) is 4.79 Å². The number of hydrogen-bond donors (Lipinski definition) is 2. The van der Waals surface area contributed by atoms with Crippen LogP contribution in [-0.2, 0) is 6.42 Å². The van der Waals surface area contributed by atoms with Gasteiger partial charge in [0.25, 0.3) is 0 Å². The van der Waals surface area contributed by atoms with Crippen LogP contribution < -0.4 is 11.3 Å². The molecule has 0 bridgehead atoms. The third kappa shape index (κ3) is 1.27. The summed E-state index contributed by atoms with van der Waals surface area (Å²) in [6.07, 6.45) is 3.69. The van der Waals surface area contributed by atoms with Crippen molar-refractivity contribution < 1.29 is 4.79 Å². The normalized spacial score (nSPS) is 15.3. The van der Waals surface area contributed by atoms with Crippen LogP contribution in [0.4, 0.5) is 5.82 Å². The molecule has 0 aliphatic heterocycles. The number of carbonyl (C=O) groups excluding carboxylic acids is 1. The number of nitrogens with zero attached hydrogens (tertiary/aromatic N) is 2. The Kier molecular flexibility index (Phi) is 1.94. The van der Waals surface area contributed by atoms with Gasteiger partial charge in [0, 0.05) is 6.42 Å². The fraction of sp³-hybridized carbons (Fsp3) is 0.375. The molecule has 5 heteroatoms. The van der Waals surface area contributed by atoms with Crippen molar-refractivity contribution in [2.75, 3.05) is 5.43 Å². The van der Waals surface area contributed by atoms with Gasteiger partial charge in [0.1, 0.15) is 6.33 Å². The monoisotopic (exact) mass is 178 g/mol. The maximum absolute atomic E-state index is 11.5. The van der Waals surface area contributed by atoms with Crippen molar-refractivity contribution in [3.63, 3.8) is 0 Å². The van der Waals surface area contributed by atoms with Crippen LogP contribution in [0.15, 0.2) is 6.33 Å². The zero-order chi connectivity index (χ0) is 9.26. The number of ketones is 1. The number of nitrogens with two attached hydrogens (primary N) is 1. The van der Waals surface area contributed by atoms with E-state index < -0.39 is 0 Å². The van der Waals surface area contributed by atoms with Gasteiger partial charge in [-0.1, -0.05) is 0 Å². The van der Waals surface area contributed by atoms with Crippen molar-refractivity contribution in [3.8, 4) is 0 Å². The number of nitrogen functional groups attached to an aromatic ring is 1. The number of Topliss-reactive ketones (excluding diaryl/α,β-unsaturated/α-hetero) is 1. The maximum atomic E-state index is 11.5. The second kappa shape index (κ2) is 3.10. The van der Waals surface area contributed by atoms with Crippen molar-refractivity contribution in [2.24, 2.45) is 5.84 Å². The van der Waals surface area contributed by atoms with E-state index in [1.165, 1.54) is 6.33 Å². The number of fused-ring (bicyclic) bond motifs is 1. The SMILES string of the molecule is NNc1ncnc2c1C(=O)CCC2. The van der Waals surface area contributed by atoms with Crippen molar-refractivity contribution in [1.29, 1.82) is 0 Å². The number of aryl methyl sites for hydroxylation is 1. The predicted molar refractivity (Wildman–Crippen MR) is 47.1 cm³/mol. The molecule has 5 nitrogen and oxygen atoms in total. The molecule has 1 heterocycles. The summed E-state index contributed by atoms with van der Waals surface area (Å²) >= 11 is 0. The lowest BCUT2D eigenvalue weighted by molar-refractivity contribution is 0.0972. The van der Waals surface area contributed by atoms with Gasteiger partial charge in [0.05, 0.1) is 11.3 Å². The highest BCUT2D eigenvalue weighted by atomic mass is 16.1. The van der Waals surface area contributed by atoms with Crippen LogP contribution in [0, 0.1) is 0 Å². The van der Waals surface area contributed by atoms with Crippen molar-refractivity contribution in [3.05, 3.63) is 17.6 Å². The predicted octanol–water partition coefficient (Wildman–Crippen LogP) is 0.281. The summed E-state index contributed by atoms with van der Waals surface area (Å²) in [7, 11) is 0. The van der Waals surface area contributed by atoms with Gasteiger partial charge in [-0.05, 0) is 12.8 Å². The lowest BCUT2D eigenvalue weighted by Crippen LogP contribution is -2.19.